The maximum Gasteiger partial charge on any atom is 0.339 e. The van der Waals surface area contributed by atoms with Gasteiger partial charge < -0.3 is 10.1 Å². The van der Waals surface area contributed by atoms with Crippen LogP contribution in [0.5, 0.6) is 0 Å². The van der Waals surface area contributed by atoms with Crippen LogP contribution in [-0.2, 0) is 32.4 Å². The number of anilines is 1. The number of benzene rings is 2. The van der Waals surface area contributed by atoms with Crippen molar-refractivity contribution in [2.45, 2.75) is 43.6 Å². The van der Waals surface area contributed by atoms with Crippen LogP contribution < -0.4 is 10.5 Å². The smallest absolute Gasteiger partial charge is 0.339 e. The highest BCUT2D eigenvalue weighted by Crippen LogP contribution is 2.30. The molecule has 1 atom stereocenters. The third kappa shape index (κ3) is 4.49. The molecule has 0 radical (unpaired) electrons. The summed E-state index contributed by atoms with van der Waals surface area (Å²) < 4.78 is 28.2. The molecule has 0 saturated carbocycles. The minimum Gasteiger partial charge on any atom is -0.449 e. The number of primary sulfonamides is 1. The number of hydrogen-bond acceptors (Lipinski definition) is 6. The van der Waals surface area contributed by atoms with Crippen LogP contribution in [0.4, 0.5) is 5.69 Å². The lowest BCUT2D eigenvalue weighted by molar-refractivity contribution is -0.123. The largest absolute Gasteiger partial charge is 0.449 e. The molecule has 3 aromatic rings. The van der Waals surface area contributed by atoms with Gasteiger partial charge in [-0.25, -0.2) is 18.4 Å². The summed E-state index contributed by atoms with van der Waals surface area (Å²) >= 11 is 0. The van der Waals surface area contributed by atoms with Crippen molar-refractivity contribution in [3.8, 4) is 0 Å². The number of nitrogens with zero attached hydrogens (tertiary/aromatic N) is 1. The maximum atomic E-state index is 13.1. The van der Waals surface area contributed by atoms with E-state index < -0.39 is 28.0 Å². The molecule has 1 amide bonds. The highest BCUT2D eigenvalue weighted by molar-refractivity contribution is 7.89. The lowest BCUT2D eigenvalue weighted by Gasteiger charge is -2.21. The van der Waals surface area contributed by atoms with Crippen molar-refractivity contribution >= 4 is 38.5 Å². The number of amides is 1. The lowest BCUT2D eigenvalue weighted by atomic mass is 9.90. The molecule has 32 heavy (non-hydrogen) atoms. The van der Waals surface area contributed by atoms with E-state index in [2.05, 4.69) is 5.32 Å². The number of ether oxygens (including phenoxy) is 1. The van der Waals surface area contributed by atoms with Crippen LogP contribution in [0.25, 0.3) is 10.9 Å². The first kappa shape index (κ1) is 21.9. The molecule has 3 N–H and O–H groups in total. The highest BCUT2D eigenvalue weighted by atomic mass is 32.2. The summed E-state index contributed by atoms with van der Waals surface area (Å²) in [5, 5.41) is 8.40. The quantitative estimate of drug-likeness (QED) is 0.572. The minimum atomic E-state index is -3.82. The van der Waals surface area contributed by atoms with Gasteiger partial charge in [0.1, 0.15) is 0 Å². The van der Waals surface area contributed by atoms with E-state index in [9.17, 15) is 18.0 Å². The van der Waals surface area contributed by atoms with E-state index in [1.54, 1.807) is 0 Å². The van der Waals surface area contributed by atoms with Gasteiger partial charge in [0.25, 0.3) is 5.91 Å². The van der Waals surface area contributed by atoms with Crippen LogP contribution in [0, 0.1) is 0 Å². The van der Waals surface area contributed by atoms with E-state index in [1.165, 1.54) is 31.2 Å². The second kappa shape index (κ2) is 8.68. The van der Waals surface area contributed by atoms with Crippen molar-refractivity contribution in [1.29, 1.82) is 0 Å². The first-order valence-electron chi connectivity index (χ1n) is 10.3. The molecule has 0 spiro atoms. The predicted octanol–water partition coefficient (Wildman–Crippen LogP) is 2.95. The van der Waals surface area contributed by atoms with Crippen LogP contribution in [0.15, 0.2) is 53.4 Å². The van der Waals surface area contributed by atoms with Crippen molar-refractivity contribution in [2.75, 3.05) is 5.32 Å². The van der Waals surface area contributed by atoms with Gasteiger partial charge in [-0.05, 0) is 68.5 Å². The van der Waals surface area contributed by atoms with Gasteiger partial charge in [0.05, 0.1) is 16.0 Å². The molecule has 8 nitrogen and oxygen atoms in total. The summed E-state index contributed by atoms with van der Waals surface area (Å²) in [6, 6.07) is 12.8. The summed E-state index contributed by atoms with van der Waals surface area (Å²) in [5.41, 5.74) is 3.37. The van der Waals surface area contributed by atoms with Crippen LogP contribution in [0.1, 0.15) is 41.4 Å². The molecule has 2 aromatic carbocycles. The average Bonchev–Trinajstić information content (AvgIpc) is 2.77. The predicted molar refractivity (Wildman–Crippen MR) is 120 cm³/mol. The number of nitrogens with two attached hydrogens (primary N) is 1. The summed E-state index contributed by atoms with van der Waals surface area (Å²) in [4.78, 5) is 30.4. The minimum absolute atomic E-state index is 0.0654. The second-order valence-electron chi connectivity index (χ2n) is 7.74. The highest BCUT2D eigenvalue weighted by Gasteiger charge is 2.26. The topological polar surface area (TPSA) is 128 Å². The van der Waals surface area contributed by atoms with E-state index in [0.717, 1.165) is 42.5 Å². The van der Waals surface area contributed by atoms with E-state index >= 15 is 0 Å². The molecule has 9 heteroatoms. The standard InChI is InChI=1S/C23H23N3O5S/c1-14(22(27)25-15-10-12-16(13-11-15)32(24,29)30)31-23(28)21-17-6-2-4-8-19(17)26-20-9-5-3-7-18(20)21/h2,4,6,8,10-14H,3,5,7,9H2,1H3,(H,25,27)(H2,24,29,30)/t14-/m1/s1. The molecule has 1 heterocycles. The fourth-order valence-corrected chi connectivity index (χ4v) is 4.37. The van der Waals surface area contributed by atoms with Crippen molar-refractivity contribution in [3.63, 3.8) is 0 Å². The Morgan fingerprint density at radius 2 is 1.75 bits per heavy atom. The molecule has 0 aliphatic heterocycles. The summed E-state index contributed by atoms with van der Waals surface area (Å²) in [6.07, 6.45) is 2.49. The summed E-state index contributed by atoms with van der Waals surface area (Å²) in [5.74, 6) is -1.09. The molecule has 0 unspecified atom stereocenters. The second-order valence-corrected chi connectivity index (χ2v) is 9.30. The molecular weight excluding hydrogens is 430 g/mol. The average molecular weight is 454 g/mol. The van der Waals surface area contributed by atoms with Gasteiger partial charge in [-0.1, -0.05) is 18.2 Å². The first-order valence-corrected chi connectivity index (χ1v) is 11.8. The first-order chi connectivity index (χ1) is 15.2. The number of aromatic nitrogens is 1. The normalized spacial score (nSPS) is 14.4. The van der Waals surface area contributed by atoms with Gasteiger partial charge >= 0.3 is 5.97 Å². The Bertz CT molecular complexity index is 1300. The van der Waals surface area contributed by atoms with E-state index in [0.29, 0.717) is 16.6 Å². The maximum absolute atomic E-state index is 13.1. The van der Waals surface area contributed by atoms with Crippen LogP contribution in [0.2, 0.25) is 0 Å². The van der Waals surface area contributed by atoms with Gasteiger partial charge in [0.2, 0.25) is 10.0 Å². The third-order valence-electron chi connectivity index (χ3n) is 5.48. The lowest BCUT2D eigenvalue weighted by Crippen LogP contribution is -2.30. The number of nitrogens with one attached hydrogen (secondary N) is 1. The Balaban J connectivity index is 1.54. The number of aryl methyl sites for hydroxylation is 1. The fourth-order valence-electron chi connectivity index (χ4n) is 3.85. The van der Waals surface area contributed by atoms with Gasteiger partial charge in [-0.2, -0.15) is 0 Å². The molecule has 0 fully saturated rings. The summed E-state index contributed by atoms with van der Waals surface area (Å²) in [6.45, 7) is 1.49. The van der Waals surface area contributed by atoms with Crippen LogP contribution >= 0.6 is 0 Å². The Hall–Kier alpha value is -3.30. The molecule has 0 saturated heterocycles. The van der Waals surface area contributed by atoms with Crippen LogP contribution in [-0.4, -0.2) is 31.4 Å². The third-order valence-corrected chi connectivity index (χ3v) is 6.41. The number of carbonyl (C=O) groups is 2. The zero-order valence-electron chi connectivity index (χ0n) is 17.5. The van der Waals surface area contributed by atoms with Gasteiger partial charge in [0.15, 0.2) is 6.10 Å². The van der Waals surface area contributed by atoms with Crippen molar-refractivity contribution in [3.05, 3.63) is 65.4 Å². The molecular formula is C23H23N3O5S. The Labute approximate surface area is 185 Å². The Morgan fingerprint density at radius 1 is 1.06 bits per heavy atom. The Kier molecular flexibility index (Phi) is 5.94. The Morgan fingerprint density at radius 3 is 2.47 bits per heavy atom. The van der Waals surface area contributed by atoms with Crippen LogP contribution in [0.3, 0.4) is 0 Å². The van der Waals surface area contributed by atoms with Gasteiger partial charge in [-0.15, -0.1) is 0 Å². The number of pyridine rings is 1. The number of esters is 1. The van der Waals surface area contributed by atoms with E-state index in [-0.39, 0.29) is 4.90 Å². The van der Waals surface area contributed by atoms with E-state index in [4.69, 9.17) is 14.9 Å². The summed E-state index contributed by atoms with van der Waals surface area (Å²) in [7, 11) is -3.82. The number of fused-ring (bicyclic) bond motifs is 2. The number of sulfonamides is 1. The molecule has 1 aliphatic rings. The zero-order valence-corrected chi connectivity index (χ0v) is 18.3. The zero-order chi connectivity index (χ0) is 22.9. The number of hydrogen-bond donors (Lipinski definition) is 2. The van der Waals surface area contributed by atoms with Gasteiger partial charge in [-0.3, -0.25) is 9.78 Å². The fraction of sp³-hybridized carbons (Fsp3) is 0.261. The SMILES string of the molecule is C[C@@H](OC(=O)c1c2c(nc3ccccc13)CCCC2)C(=O)Nc1ccc(S(N)(=O)=O)cc1. The molecule has 0 bridgehead atoms. The van der Waals surface area contributed by atoms with Crippen molar-refractivity contribution in [1.82, 2.24) is 4.98 Å². The number of carbonyl (C=O) groups excluding carboxylic acids is 2. The molecule has 1 aromatic heterocycles. The van der Waals surface area contributed by atoms with Crippen molar-refractivity contribution < 1.29 is 22.7 Å². The number of para-hydroxylation sites is 1. The number of rotatable bonds is 5. The monoisotopic (exact) mass is 453 g/mol. The molecule has 4 rings (SSSR count). The van der Waals surface area contributed by atoms with E-state index in [1.807, 2.05) is 24.3 Å². The molecule has 166 valence electrons. The van der Waals surface area contributed by atoms with Gasteiger partial charge in [0, 0.05) is 16.8 Å². The molecule has 1 aliphatic carbocycles. The van der Waals surface area contributed by atoms with Crippen molar-refractivity contribution in [2.24, 2.45) is 5.14 Å².